The van der Waals surface area contributed by atoms with Crippen LogP contribution in [-0.2, 0) is 71.2 Å². The molecular formula is C34H48N13O25P4+. The number of H-pyrrole nitrogens is 2. The highest BCUT2D eigenvalue weighted by Crippen LogP contribution is 2.68. The number of ether oxygens (including phenoxy) is 5. The molecule has 8 rings (SSSR count). The number of nitrogens with one attached hydrogen (secondary N) is 3. The lowest BCUT2D eigenvalue weighted by Crippen LogP contribution is -2.46. The molecule has 4 unspecified atom stereocenters. The summed E-state index contributed by atoms with van der Waals surface area (Å²) in [4.78, 5) is 112. The van der Waals surface area contributed by atoms with Crippen molar-refractivity contribution in [3.05, 3.63) is 62.4 Å². The van der Waals surface area contributed by atoms with Crippen molar-refractivity contribution in [2.24, 2.45) is 13.0 Å². The summed E-state index contributed by atoms with van der Waals surface area (Å²) in [5.41, 5.74) is 7.06. The smallest absolute Gasteiger partial charge is 0.453 e. The third-order valence-electron chi connectivity index (χ3n) is 12.0. The predicted molar refractivity (Wildman–Crippen MR) is 245 cm³/mol. The SMILES string of the molecule is COC(=O)NC[C@H]1[C@@H](O)[C@H]([n+]2cn(C)c3c(=O)[nH]c(N)nc32)O[C@@H]1COP(=O)(O)OP(=O)(O)OP(=O)(O)OC[C@H]1O[C@@H](n2cnc3c(N)ncnc32)[C@H](OC)[C@@H]1P(=O)(O)OC[C@H]1O[C@@H](n2ccc(=O)[nH]c2=O)[C@H](O)[C@@H]1O. The number of hydrogen-bond donors (Lipinski definition) is 12. The first-order valence-corrected chi connectivity index (χ1v) is 27.8. The molecule has 1 amide bonds. The Balaban J connectivity index is 0.965. The van der Waals surface area contributed by atoms with E-state index in [1.807, 2.05) is 4.98 Å². The van der Waals surface area contributed by atoms with Crippen molar-refractivity contribution in [3.8, 4) is 0 Å². The summed E-state index contributed by atoms with van der Waals surface area (Å²) in [7, 11) is -19.9. The number of carbonyl (C=O) groups excluding carboxylic acids is 1. The minimum absolute atomic E-state index is 0.0210. The van der Waals surface area contributed by atoms with Crippen molar-refractivity contribution >= 4 is 71.3 Å². The third kappa shape index (κ3) is 11.8. The second-order valence-electron chi connectivity index (χ2n) is 16.8. The summed E-state index contributed by atoms with van der Waals surface area (Å²) in [5.74, 6) is -1.66. The van der Waals surface area contributed by atoms with Crippen LogP contribution >= 0.6 is 31.1 Å². The summed E-state index contributed by atoms with van der Waals surface area (Å²) in [5, 5.41) is 35.2. The number of fused-ring (bicyclic) bond motifs is 2. The van der Waals surface area contributed by atoms with Crippen LogP contribution < -0.4 is 38.2 Å². The molecule has 76 heavy (non-hydrogen) atoms. The maximum absolute atomic E-state index is 14.3. The standard InChI is InChI=1S/C34H47N13O25P4/c1-44-12-47(27-19(44)28(52)43-32(36)42-27)29-20(49)13(6-37-34(54)64-3)14(68-29)7-66-74(57,58)71-76(61,62)72-75(59,60)67-9-16-24(23(63-2)31(70-16)46-11-40-18-25(35)38-10-39-26(18)46)73(55,56)65-8-15-21(50)22(51)30(69-15)45-5-4-17(48)41-33(45)53/h4-5,10-16,20-24,29-31,49-51H,6-9H2,1-3H3,(H10-,35,36,37,38,39,41,42,43,48,52,53,54,55,56,57,58,59,60,61,62)/p+1/t13-,14-,15-,16-,20-,21-,22-,23-,24-,29-,30-,31-/m1/s1. The number of aromatic amines is 2. The maximum atomic E-state index is 14.3. The molecule has 14 N–H and O–H groups in total. The van der Waals surface area contributed by atoms with Crippen molar-refractivity contribution in [2.75, 3.05) is 52.1 Å². The van der Waals surface area contributed by atoms with Crippen LogP contribution in [0.15, 0.2) is 45.6 Å². The Labute approximate surface area is 422 Å². The van der Waals surface area contributed by atoms with Crippen LogP contribution in [0.25, 0.3) is 22.3 Å². The van der Waals surface area contributed by atoms with Crippen LogP contribution in [0.5, 0.6) is 0 Å². The Morgan fingerprint density at radius 2 is 1.49 bits per heavy atom. The number of hydrogen-bond acceptors (Lipinski definition) is 27. The van der Waals surface area contributed by atoms with Gasteiger partial charge < -0.3 is 79.9 Å². The van der Waals surface area contributed by atoms with Gasteiger partial charge in [0.05, 0.1) is 46.4 Å². The Morgan fingerprint density at radius 3 is 2.14 bits per heavy atom. The fourth-order valence-electron chi connectivity index (χ4n) is 8.60. The molecule has 16 atom stereocenters. The zero-order valence-electron chi connectivity index (χ0n) is 39.1. The second-order valence-corrected chi connectivity index (χ2v) is 23.4. The zero-order chi connectivity index (χ0) is 55.4. The van der Waals surface area contributed by atoms with Gasteiger partial charge in [0.15, 0.2) is 30.2 Å². The van der Waals surface area contributed by atoms with Gasteiger partial charge in [-0.1, -0.05) is 4.98 Å². The van der Waals surface area contributed by atoms with Gasteiger partial charge in [-0.05, 0) is 0 Å². The monoisotopic (exact) mass is 1160 g/mol. The fraction of sp³-hybridized carbons (Fsp3) is 0.559. The van der Waals surface area contributed by atoms with E-state index in [1.165, 1.54) is 27.1 Å². The second kappa shape index (κ2) is 21.9. The minimum Gasteiger partial charge on any atom is -0.453 e. The van der Waals surface area contributed by atoms with E-state index in [0.29, 0.717) is 0 Å². The third-order valence-corrected chi connectivity index (χ3v) is 18.1. The molecular weight excluding hydrogens is 1110 g/mol. The number of carbonyl (C=O) groups is 1. The fourth-order valence-corrected chi connectivity index (χ4v) is 13.9. The van der Waals surface area contributed by atoms with Gasteiger partial charge in [-0.3, -0.25) is 46.9 Å². The van der Waals surface area contributed by atoms with E-state index in [-0.39, 0.29) is 34.1 Å². The molecule has 3 saturated heterocycles. The molecule has 3 aliphatic rings. The molecule has 3 fully saturated rings. The minimum atomic E-state index is -6.26. The Bertz CT molecular complexity index is 3370. The lowest BCUT2D eigenvalue weighted by Gasteiger charge is -2.28. The number of nitrogens with zero attached hydrogens (tertiary/aromatic N) is 8. The van der Waals surface area contributed by atoms with E-state index in [4.69, 9.17) is 44.0 Å². The number of aryl methyl sites for hydroxylation is 1. The molecule has 42 heteroatoms. The summed E-state index contributed by atoms with van der Waals surface area (Å²) < 4.78 is 110. The summed E-state index contributed by atoms with van der Waals surface area (Å²) in [6.07, 6.45) is -13.3. The summed E-state index contributed by atoms with van der Waals surface area (Å²) >= 11 is 0. The number of aliphatic hydroxyl groups excluding tert-OH is 3. The van der Waals surface area contributed by atoms with E-state index in [1.54, 1.807) is 0 Å². The van der Waals surface area contributed by atoms with Gasteiger partial charge >= 0.3 is 48.5 Å². The van der Waals surface area contributed by atoms with Crippen molar-refractivity contribution < 1.29 is 108 Å². The number of anilines is 2. The number of aromatic nitrogens is 10. The molecule has 3 aliphatic heterocycles. The number of methoxy groups -OCH3 is 2. The van der Waals surface area contributed by atoms with Crippen LogP contribution in [0, 0.1) is 5.92 Å². The van der Waals surface area contributed by atoms with E-state index in [2.05, 4.69) is 43.6 Å². The molecule has 0 aliphatic carbocycles. The van der Waals surface area contributed by atoms with Gasteiger partial charge in [0.1, 0.15) is 54.1 Å². The van der Waals surface area contributed by atoms with Gasteiger partial charge in [-0.2, -0.15) is 8.62 Å². The number of aliphatic hydroxyl groups is 3. The highest BCUT2D eigenvalue weighted by atomic mass is 31.3. The summed E-state index contributed by atoms with van der Waals surface area (Å²) in [6, 6.07) is 0.919. The molecule has 0 aromatic carbocycles. The molecule has 5 aromatic rings. The van der Waals surface area contributed by atoms with Crippen LogP contribution in [0.4, 0.5) is 16.6 Å². The van der Waals surface area contributed by atoms with Crippen LogP contribution in [-0.4, -0.2) is 174 Å². The van der Waals surface area contributed by atoms with Crippen molar-refractivity contribution in [1.29, 1.82) is 0 Å². The highest BCUT2D eigenvalue weighted by Gasteiger charge is 2.58. The normalized spacial score (nSPS) is 30.0. The number of nitrogens with two attached hydrogens (primary N) is 2. The number of rotatable bonds is 20. The molecule has 5 aromatic heterocycles. The molecule has 0 bridgehead atoms. The van der Waals surface area contributed by atoms with E-state index >= 15 is 0 Å². The van der Waals surface area contributed by atoms with Crippen molar-refractivity contribution in [1.82, 2.24) is 48.9 Å². The van der Waals surface area contributed by atoms with Gasteiger partial charge in [-0.25, -0.2) is 42.8 Å². The predicted octanol–water partition coefficient (Wildman–Crippen LogP) is -4.20. The quantitative estimate of drug-likeness (QED) is 0.0260. The van der Waals surface area contributed by atoms with Gasteiger partial charge in [0.2, 0.25) is 11.7 Å². The Kier molecular flexibility index (Phi) is 16.4. The number of phosphoric ester groups is 2. The van der Waals surface area contributed by atoms with Crippen LogP contribution in [0.3, 0.4) is 0 Å². The lowest BCUT2D eigenvalue weighted by molar-refractivity contribution is -0.745. The number of alkyl carbamates (subject to hydrolysis) is 1. The lowest BCUT2D eigenvalue weighted by atomic mass is 9.98. The topological polar surface area (TPSA) is 536 Å². The van der Waals surface area contributed by atoms with Crippen molar-refractivity contribution in [3.63, 3.8) is 0 Å². The molecule has 418 valence electrons. The average molecular weight is 1160 g/mol. The van der Waals surface area contributed by atoms with Gasteiger partial charge in [-0.15, -0.1) is 0 Å². The highest BCUT2D eigenvalue weighted by molar-refractivity contribution is 7.66. The van der Waals surface area contributed by atoms with Gasteiger partial charge in [0.25, 0.3) is 17.1 Å². The van der Waals surface area contributed by atoms with E-state index in [9.17, 15) is 72.3 Å². The molecule has 8 heterocycles. The maximum Gasteiger partial charge on any atom is 0.490 e. The van der Waals surface area contributed by atoms with Crippen molar-refractivity contribution in [2.45, 2.75) is 67.1 Å². The summed E-state index contributed by atoms with van der Waals surface area (Å²) in [6.45, 7) is -3.86. The number of imidazole rings is 2. The molecule has 0 saturated carbocycles. The first kappa shape index (κ1) is 56.9. The first-order valence-electron chi connectivity index (χ1n) is 21.7. The molecule has 0 spiro atoms. The molecule has 38 nitrogen and oxygen atoms in total. The largest absolute Gasteiger partial charge is 0.490 e. The first-order chi connectivity index (χ1) is 35.6. The average Bonchev–Trinajstić information content (AvgIpc) is 4.14. The van der Waals surface area contributed by atoms with Crippen LogP contribution in [0.2, 0.25) is 0 Å². The van der Waals surface area contributed by atoms with E-state index < -0.39 is 153 Å². The zero-order valence-corrected chi connectivity index (χ0v) is 42.7. The van der Waals surface area contributed by atoms with Crippen LogP contribution in [0.1, 0.15) is 18.7 Å². The number of nitrogen functional groups attached to an aromatic ring is 2. The number of phosphoric acid groups is 3. The van der Waals surface area contributed by atoms with E-state index in [0.717, 1.165) is 43.7 Å². The Morgan fingerprint density at radius 1 is 0.829 bits per heavy atom. The van der Waals surface area contributed by atoms with Gasteiger partial charge in [0, 0.05) is 31.8 Å². The Hall–Kier alpha value is -5.27. The number of amides is 1. The molecule has 0 radical (unpaired) electrons.